The highest BCUT2D eigenvalue weighted by Crippen LogP contribution is 2.70. The van der Waals surface area contributed by atoms with Crippen LogP contribution in [0.25, 0.3) is 0 Å². The highest BCUT2D eigenvalue weighted by atomic mass is 16.5. The number of hydrogen-bond acceptors (Lipinski definition) is 3. The molecule has 3 aliphatic carbocycles. The number of fused-ring (bicyclic) bond motifs is 1. The molecule has 0 aliphatic heterocycles. The lowest BCUT2D eigenvalue weighted by atomic mass is 9.82. The molecule has 2 aromatic rings. The summed E-state index contributed by atoms with van der Waals surface area (Å²) in [5, 5.41) is 7.54. The van der Waals surface area contributed by atoms with E-state index in [9.17, 15) is 4.79 Å². The van der Waals surface area contributed by atoms with Crippen molar-refractivity contribution in [2.75, 3.05) is 0 Å². The standard InChI is InChI=1S/C21H25N3O2/c1-24-20(26-13-14-6-3-2-4-7-14)16(12-22-24)19(25)23-18-17-10-15-8-5-9-21(17,18)11-15/h2-4,6-7,12,15,17-18H,5,8-11,13H2,1H3,(H,23,25). The first kappa shape index (κ1) is 15.9. The van der Waals surface area contributed by atoms with Crippen molar-refractivity contribution >= 4 is 5.91 Å². The Morgan fingerprint density at radius 3 is 3.08 bits per heavy atom. The maximum absolute atomic E-state index is 12.9. The zero-order valence-electron chi connectivity index (χ0n) is 15.1. The fourth-order valence-corrected chi connectivity index (χ4v) is 5.53. The van der Waals surface area contributed by atoms with Gasteiger partial charge in [-0.05, 0) is 42.1 Å². The zero-order valence-corrected chi connectivity index (χ0v) is 15.1. The molecule has 3 saturated carbocycles. The Balaban J connectivity index is 1.28. The largest absolute Gasteiger partial charge is 0.472 e. The van der Waals surface area contributed by atoms with Gasteiger partial charge < -0.3 is 10.1 Å². The number of amides is 1. The second kappa shape index (κ2) is 5.86. The van der Waals surface area contributed by atoms with Crippen molar-refractivity contribution in [2.24, 2.45) is 24.3 Å². The molecule has 5 heteroatoms. The Labute approximate surface area is 153 Å². The molecule has 5 rings (SSSR count). The monoisotopic (exact) mass is 351 g/mol. The molecule has 5 nitrogen and oxygen atoms in total. The summed E-state index contributed by atoms with van der Waals surface area (Å²) in [5.74, 6) is 2.10. The molecule has 1 heterocycles. The van der Waals surface area contributed by atoms with Gasteiger partial charge in [0.15, 0.2) is 0 Å². The van der Waals surface area contributed by atoms with Crippen molar-refractivity contribution in [3.8, 4) is 5.88 Å². The van der Waals surface area contributed by atoms with Gasteiger partial charge >= 0.3 is 0 Å². The van der Waals surface area contributed by atoms with E-state index >= 15 is 0 Å². The molecule has 3 fully saturated rings. The number of rotatable bonds is 5. The van der Waals surface area contributed by atoms with Crippen molar-refractivity contribution in [3.63, 3.8) is 0 Å². The molecule has 26 heavy (non-hydrogen) atoms. The maximum Gasteiger partial charge on any atom is 0.258 e. The Morgan fingerprint density at radius 2 is 2.23 bits per heavy atom. The smallest absolute Gasteiger partial charge is 0.258 e. The third-order valence-corrected chi connectivity index (χ3v) is 6.80. The first-order valence-electron chi connectivity index (χ1n) is 9.67. The second-order valence-electron chi connectivity index (χ2n) is 8.25. The quantitative estimate of drug-likeness (QED) is 0.899. The van der Waals surface area contributed by atoms with E-state index in [1.807, 2.05) is 37.4 Å². The van der Waals surface area contributed by atoms with E-state index < -0.39 is 0 Å². The van der Waals surface area contributed by atoms with Gasteiger partial charge in [-0.25, -0.2) is 4.68 Å². The van der Waals surface area contributed by atoms with Crippen LogP contribution in [0.4, 0.5) is 0 Å². The number of carbonyl (C=O) groups excluding carboxylic acids is 1. The molecule has 0 saturated heterocycles. The number of nitrogens with zero attached hydrogens (tertiary/aromatic N) is 2. The van der Waals surface area contributed by atoms with E-state index in [0.717, 1.165) is 11.5 Å². The summed E-state index contributed by atoms with van der Waals surface area (Å²) in [6, 6.07) is 10.3. The summed E-state index contributed by atoms with van der Waals surface area (Å²) < 4.78 is 7.57. The van der Waals surface area contributed by atoms with Crippen LogP contribution >= 0.6 is 0 Å². The first-order valence-corrected chi connectivity index (χ1v) is 9.67. The Hall–Kier alpha value is -2.30. The lowest BCUT2D eigenvalue weighted by molar-refractivity contribution is 0.0931. The van der Waals surface area contributed by atoms with Crippen LogP contribution < -0.4 is 10.1 Å². The molecule has 2 bridgehead atoms. The summed E-state index contributed by atoms with van der Waals surface area (Å²) in [7, 11) is 1.81. The third-order valence-electron chi connectivity index (χ3n) is 6.80. The second-order valence-corrected chi connectivity index (χ2v) is 8.25. The van der Waals surface area contributed by atoms with Crippen LogP contribution in [0, 0.1) is 17.3 Å². The molecule has 1 N–H and O–H groups in total. The predicted octanol–water partition coefficient (Wildman–Crippen LogP) is 3.31. The van der Waals surface area contributed by atoms with Crippen molar-refractivity contribution in [3.05, 3.63) is 47.7 Å². The summed E-state index contributed by atoms with van der Waals surface area (Å²) in [4.78, 5) is 12.9. The Morgan fingerprint density at radius 1 is 1.38 bits per heavy atom. The van der Waals surface area contributed by atoms with Gasteiger partial charge in [0, 0.05) is 13.1 Å². The lowest BCUT2D eigenvalue weighted by Gasteiger charge is -2.26. The van der Waals surface area contributed by atoms with Gasteiger partial charge in [0.25, 0.3) is 5.91 Å². The molecular weight excluding hydrogens is 326 g/mol. The molecule has 1 amide bonds. The van der Waals surface area contributed by atoms with Crippen molar-refractivity contribution in [1.82, 2.24) is 15.1 Å². The Bertz CT molecular complexity index is 831. The van der Waals surface area contributed by atoms with Gasteiger partial charge in [-0.1, -0.05) is 43.2 Å². The van der Waals surface area contributed by atoms with Gasteiger partial charge in [0.1, 0.15) is 12.2 Å². The highest BCUT2D eigenvalue weighted by Gasteiger charge is 2.69. The highest BCUT2D eigenvalue weighted by molar-refractivity contribution is 5.96. The molecule has 1 spiro atoms. The normalized spacial score (nSPS) is 31.3. The fourth-order valence-electron chi connectivity index (χ4n) is 5.53. The van der Waals surface area contributed by atoms with Crippen LogP contribution in [0.1, 0.15) is 48.0 Å². The SMILES string of the molecule is Cn1ncc(C(=O)NC2C3CC4CCCC32C4)c1OCc1ccccc1. The van der Waals surface area contributed by atoms with Crippen LogP contribution in [-0.2, 0) is 13.7 Å². The number of hydrogen-bond donors (Lipinski definition) is 1. The van der Waals surface area contributed by atoms with Crippen LogP contribution in [0.2, 0.25) is 0 Å². The number of carbonyl (C=O) groups is 1. The summed E-state index contributed by atoms with van der Waals surface area (Å²) in [6.45, 7) is 0.429. The van der Waals surface area contributed by atoms with E-state index in [2.05, 4.69) is 10.4 Å². The molecular formula is C21H25N3O2. The molecule has 1 aromatic heterocycles. The van der Waals surface area contributed by atoms with Gasteiger partial charge in [-0.3, -0.25) is 4.79 Å². The number of nitrogens with one attached hydrogen (secondary N) is 1. The summed E-state index contributed by atoms with van der Waals surface area (Å²) >= 11 is 0. The number of aromatic nitrogens is 2. The van der Waals surface area contributed by atoms with E-state index in [1.165, 1.54) is 32.1 Å². The van der Waals surface area contributed by atoms with E-state index in [0.29, 0.717) is 35.4 Å². The molecule has 4 unspecified atom stereocenters. The van der Waals surface area contributed by atoms with Gasteiger partial charge in [-0.15, -0.1) is 0 Å². The van der Waals surface area contributed by atoms with E-state index in [1.54, 1.807) is 10.9 Å². The van der Waals surface area contributed by atoms with Gasteiger partial charge in [0.05, 0.1) is 6.20 Å². The topological polar surface area (TPSA) is 56.2 Å². The van der Waals surface area contributed by atoms with Gasteiger partial charge in [-0.2, -0.15) is 5.10 Å². The molecule has 0 radical (unpaired) electrons. The van der Waals surface area contributed by atoms with Crippen molar-refractivity contribution in [2.45, 2.75) is 44.8 Å². The lowest BCUT2D eigenvalue weighted by Crippen LogP contribution is -2.33. The number of ether oxygens (including phenoxy) is 1. The van der Waals surface area contributed by atoms with E-state index in [-0.39, 0.29) is 5.91 Å². The molecule has 1 aromatic carbocycles. The zero-order chi connectivity index (χ0) is 17.7. The molecule has 3 aliphatic rings. The van der Waals surface area contributed by atoms with Crippen LogP contribution in [0.15, 0.2) is 36.5 Å². The van der Waals surface area contributed by atoms with Crippen LogP contribution in [0.3, 0.4) is 0 Å². The average Bonchev–Trinajstić information content (AvgIpc) is 2.94. The van der Waals surface area contributed by atoms with Crippen molar-refractivity contribution in [1.29, 1.82) is 0 Å². The molecule has 4 atom stereocenters. The minimum absolute atomic E-state index is 0.0444. The number of aryl methyl sites for hydroxylation is 1. The summed E-state index contributed by atoms with van der Waals surface area (Å²) in [6.07, 6.45) is 8.23. The van der Waals surface area contributed by atoms with Crippen LogP contribution in [-0.4, -0.2) is 21.7 Å². The van der Waals surface area contributed by atoms with E-state index in [4.69, 9.17) is 4.74 Å². The van der Waals surface area contributed by atoms with Crippen molar-refractivity contribution < 1.29 is 9.53 Å². The minimum atomic E-state index is -0.0444. The average molecular weight is 351 g/mol. The minimum Gasteiger partial charge on any atom is -0.472 e. The third kappa shape index (κ3) is 2.44. The van der Waals surface area contributed by atoms with Gasteiger partial charge in [0.2, 0.25) is 5.88 Å². The Kier molecular flexibility index (Phi) is 3.59. The predicted molar refractivity (Wildman–Crippen MR) is 97.7 cm³/mol. The number of benzene rings is 1. The summed E-state index contributed by atoms with van der Waals surface area (Å²) in [5.41, 5.74) is 2.02. The molecule has 136 valence electrons. The van der Waals surface area contributed by atoms with Crippen LogP contribution in [0.5, 0.6) is 5.88 Å². The first-order chi connectivity index (χ1) is 12.7. The fraction of sp³-hybridized carbons (Fsp3) is 0.524. The maximum atomic E-state index is 12.9.